The van der Waals surface area contributed by atoms with Gasteiger partial charge in [0.25, 0.3) is 5.91 Å². The number of ether oxygens (including phenoxy) is 1. The van der Waals surface area contributed by atoms with Crippen LogP contribution in [0.25, 0.3) is 0 Å². The number of hydrogen-bond donors (Lipinski definition) is 0. The molecule has 2 saturated heterocycles. The van der Waals surface area contributed by atoms with Gasteiger partial charge in [-0.1, -0.05) is 0 Å². The molecule has 2 fully saturated rings. The summed E-state index contributed by atoms with van der Waals surface area (Å²) in [5, 5.41) is 0. The van der Waals surface area contributed by atoms with Crippen LogP contribution in [-0.2, 0) is 4.74 Å². The first-order valence-electron chi connectivity index (χ1n) is 9.54. The SMILES string of the molecule is CC(C)(C)OC(=O)N1CCCC1C1CCCN(C(=O)c2cccnc2)C1. The van der Waals surface area contributed by atoms with Gasteiger partial charge in [0.1, 0.15) is 5.60 Å². The van der Waals surface area contributed by atoms with Crippen molar-refractivity contribution in [3.8, 4) is 0 Å². The predicted octanol–water partition coefficient (Wildman–Crippen LogP) is 3.33. The maximum Gasteiger partial charge on any atom is 0.410 e. The topological polar surface area (TPSA) is 62.7 Å². The van der Waals surface area contributed by atoms with E-state index in [-0.39, 0.29) is 18.0 Å². The van der Waals surface area contributed by atoms with Gasteiger partial charge >= 0.3 is 6.09 Å². The maximum atomic E-state index is 12.7. The number of nitrogens with zero attached hydrogens (tertiary/aromatic N) is 3. The Hall–Kier alpha value is -2.11. The van der Waals surface area contributed by atoms with E-state index in [9.17, 15) is 9.59 Å². The van der Waals surface area contributed by atoms with E-state index in [1.165, 1.54) is 0 Å². The molecule has 3 heterocycles. The van der Waals surface area contributed by atoms with Gasteiger partial charge in [0, 0.05) is 38.1 Å². The second-order valence-corrected chi connectivity index (χ2v) is 8.28. The van der Waals surface area contributed by atoms with Gasteiger partial charge in [-0.3, -0.25) is 9.78 Å². The number of piperidine rings is 1. The number of likely N-dealkylation sites (tertiary alicyclic amines) is 2. The molecule has 2 unspecified atom stereocenters. The molecule has 142 valence electrons. The summed E-state index contributed by atoms with van der Waals surface area (Å²) in [7, 11) is 0. The monoisotopic (exact) mass is 359 g/mol. The number of pyridine rings is 1. The minimum atomic E-state index is -0.487. The molecule has 6 nitrogen and oxygen atoms in total. The average Bonchev–Trinajstić information content (AvgIpc) is 3.10. The summed E-state index contributed by atoms with van der Waals surface area (Å²) >= 11 is 0. The Morgan fingerprint density at radius 2 is 1.96 bits per heavy atom. The Balaban J connectivity index is 1.67. The van der Waals surface area contributed by atoms with E-state index < -0.39 is 5.60 Å². The van der Waals surface area contributed by atoms with Gasteiger partial charge in [0.05, 0.1) is 5.56 Å². The molecule has 0 aliphatic carbocycles. The summed E-state index contributed by atoms with van der Waals surface area (Å²) in [5.74, 6) is 0.337. The van der Waals surface area contributed by atoms with Crippen LogP contribution in [0.5, 0.6) is 0 Å². The van der Waals surface area contributed by atoms with Gasteiger partial charge in [-0.05, 0) is 64.5 Å². The van der Waals surface area contributed by atoms with Gasteiger partial charge in [-0.25, -0.2) is 4.79 Å². The third-order valence-electron chi connectivity index (χ3n) is 5.12. The molecule has 6 heteroatoms. The van der Waals surface area contributed by atoms with E-state index in [0.29, 0.717) is 18.0 Å². The maximum absolute atomic E-state index is 12.7. The van der Waals surface area contributed by atoms with Crippen LogP contribution in [0.1, 0.15) is 56.8 Å². The fourth-order valence-electron chi connectivity index (χ4n) is 4.01. The summed E-state index contributed by atoms with van der Waals surface area (Å²) in [6.07, 6.45) is 7.06. The van der Waals surface area contributed by atoms with Crippen LogP contribution in [-0.4, -0.2) is 58.1 Å². The molecule has 26 heavy (non-hydrogen) atoms. The van der Waals surface area contributed by atoms with Gasteiger partial charge in [-0.2, -0.15) is 0 Å². The molecule has 1 aromatic rings. The highest BCUT2D eigenvalue weighted by Gasteiger charge is 2.39. The van der Waals surface area contributed by atoms with Crippen molar-refractivity contribution in [2.75, 3.05) is 19.6 Å². The lowest BCUT2D eigenvalue weighted by Gasteiger charge is -2.39. The molecular weight excluding hydrogens is 330 g/mol. The van der Waals surface area contributed by atoms with Crippen molar-refractivity contribution < 1.29 is 14.3 Å². The van der Waals surface area contributed by atoms with E-state index in [0.717, 1.165) is 38.8 Å². The number of amides is 2. The van der Waals surface area contributed by atoms with Crippen molar-refractivity contribution in [2.24, 2.45) is 5.92 Å². The summed E-state index contributed by atoms with van der Waals surface area (Å²) in [6.45, 7) is 7.88. The lowest BCUT2D eigenvalue weighted by molar-refractivity contribution is 0.0127. The zero-order chi connectivity index (χ0) is 18.7. The molecule has 1 aromatic heterocycles. The summed E-state index contributed by atoms with van der Waals surface area (Å²) in [4.78, 5) is 33.2. The third kappa shape index (κ3) is 4.34. The summed E-state index contributed by atoms with van der Waals surface area (Å²) < 4.78 is 5.58. The number of carbonyl (C=O) groups excluding carboxylic acids is 2. The van der Waals surface area contributed by atoms with Crippen LogP contribution >= 0.6 is 0 Å². The van der Waals surface area contributed by atoms with Crippen molar-refractivity contribution in [1.29, 1.82) is 0 Å². The summed E-state index contributed by atoms with van der Waals surface area (Å²) in [6, 6.07) is 3.76. The van der Waals surface area contributed by atoms with Crippen molar-refractivity contribution in [3.05, 3.63) is 30.1 Å². The van der Waals surface area contributed by atoms with Crippen molar-refractivity contribution in [3.63, 3.8) is 0 Å². The van der Waals surface area contributed by atoms with Crippen LogP contribution in [0.3, 0.4) is 0 Å². The average molecular weight is 359 g/mol. The van der Waals surface area contributed by atoms with Crippen LogP contribution in [0.4, 0.5) is 4.79 Å². The standard InChI is InChI=1S/C20H29N3O3/c1-20(2,3)26-19(25)23-12-6-9-17(23)16-8-5-11-22(14-16)18(24)15-7-4-10-21-13-15/h4,7,10,13,16-17H,5-6,8-9,11-12,14H2,1-3H3. The van der Waals surface area contributed by atoms with Crippen LogP contribution in [0.15, 0.2) is 24.5 Å². The largest absolute Gasteiger partial charge is 0.444 e. The molecule has 0 N–H and O–H groups in total. The second-order valence-electron chi connectivity index (χ2n) is 8.28. The normalized spacial score (nSPS) is 23.8. The molecule has 2 atom stereocenters. The smallest absolute Gasteiger partial charge is 0.410 e. The van der Waals surface area contributed by atoms with Crippen LogP contribution < -0.4 is 0 Å². The molecule has 2 aliphatic heterocycles. The fourth-order valence-corrected chi connectivity index (χ4v) is 4.01. The van der Waals surface area contributed by atoms with Gasteiger partial charge < -0.3 is 14.5 Å². The molecule has 0 radical (unpaired) electrons. The van der Waals surface area contributed by atoms with Gasteiger partial charge in [0.2, 0.25) is 0 Å². The Morgan fingerprint density at radius 3 is 2.65 bits per heavy atom. The molecule has 3 rings (SSSR count). The molecular formula is C20H29N3O3. The van der Waals surface area contributed by atoms with E-state index >= 15 is 0 Å². The lowest BCUT2D eigenvalue weighted by Crippen LogP contribution is -2.49. The third-order valence-corrected chi connectivity index (χ3v) is 5.12. The highest BCUT2D eigenvalue weighted by molar-refractivity contribution is 5.93. The summed E-state index contributed by atoms with van der Waals surface area (Å²) in [5.41, 5.74) is 0.141. The van der Waals surface area contributed by atoms with E-state index in [1.54, 1.807) is 18.5 Å². The molecule has 0 saturated carbocycles. The number of carbonyl (C=O) groups is 2. The second kappa shape index (κ2) is 7.64. The predicted molar refractivity (Wildman–Crippen MR) is 98.8 cm³/mol. The minimum Gasteiger partial charge on any atom is -0.444 e. The fraction of sp³-hybridized carbons (Fsp3) is 0.650. The zero-order valence-corrected chi connectivity index (χ0v) is 16.0. The molecule has 2 aliphatic rings. The quantitative estimate of drug-likeness (QED) is 0.812. The number of hydrogen-bond acceptors (Lipinski definition) is 4. The molecule has 0 bridgehead atoms. The lowest BCUT2D eigenvalue weighted by atomic mass is 9.89. The van der Waals surface area contributed by atoms with Gasteiger partial charge in [0.15, 0.2) is 0 Å². The first kappa shape index (κ1) is 18.7. The Kier molecular flexibility index (Phi) is 5.49. The molecule has 2 amide bonds. The number of rotatable bonds is 2. The molecule has 0 spiro atoms. The number of aromatic nitrogens is 1. The Labute approximate surface area is 155 Å². The minimum absolute atomic E-state index is 0.0321. The van der Waals surface area contributed by atoms with Crippen LogP contribution in [0, 0.1) is 5.92 Å². The zero-order valence-electron chi connectivity index (χ0n) is 16.0. The Morgan fingerprint density at radius 1 is 1.19 bits per heavy atom. The Bertz CT molecular complexity index is 641. The van der Waals surface area contributed by atoms with E-state index in [1.807, 2.05) is 36.6 Å². The van der Waals surface area contributed by atoms with Crippen molar-refractivity contribution in [1.82, 2.24) is 14.8 Å². The van der Waals surface area contributed by atoms with Gasteiger partial charge in [-0.15, -0.1) is 0 Å². The first-order valence-corrected chi connectivity index (χ1v) is 9.54. The van der Waals surface area contributed by atoms with E-state index in [4.69, 9.17) is 4.74 Å². The van der Waals surface area contributed by atoms with E-state index in [2.05, 4.69) is 4.98 Å². The van der Waals surface area contributed by atoms with Crippen molar-refractivity contribution >= 4 is 12.0 Å². The van der Waals surface area contributed by atoms with Crippen molar-refractivity contribution in [2.45, 2.75) is 58.1 Å². The molecule has 0 aromatic carbocycles. The van der Waals surface area contributed by atoms with Crippen LogP contribution in [0.2, 0.25) is 0 Å². The first-order chi connectivity index (χ1) is 12.3. The highest BCUT2D eigenvalue weighted by atomic mass is 16.6. The highest BCUT2D eigenvalue weighted by Crippen LogP contribution is 2.32.